The van der Waals surface area contributed by atoms with Gasteiger partial charge in [-0.1, -0.05) is 42.7 Å². The van der Waals surface area contributed by atoms with Gasteiger partial charge in [0, 0.05) is 121 Å². The standard InChI is InChI=1S/C67H91F2N11O14S/c1-4-53-37-67(68,69)43-80(53)62(86)38-72-64(89)55-19-23-70-57-18-17-54(35-56(55)57)94-34-8-10-51-20-24-78(25-21-51)65(90)49(3)39-79-61(85)36-58(66(79)91)95-42-52(11-5-6-22-71-59(83)12-7-9-50-15-13-48(2)14-16-50)73-60(84)40-74-26-27-75(41-63(87)88)29-31-77(45-93-47-82)33-32-76(30-28-74)44-92-46-81/h1,13-19,23,35,46-47,49,51-53,58H,5-12,20-22,24-34,36-45H2,2-3H3,(H,71,83)(H,72,89)(H,73,84)(H,87,88)/t49-,52+,53+,58?/m1/s1. The fraction of sp³-hybridized carbons (Fsp3) is 0.597. The number of nitrogens with zero attached hydrogens (tertiary/aromatic N) is 8. The number of aromatic nitrogens is 1. The number of carboxylic acids is 1. The van der Waals surface area contributed by atoms with E-state index in [9.17, 15) is 61.8 Å². The molecule has 0 radical (unpaired) electrons. The van der Waals surface area contributed by atoms with E-state index < -0.39 is 72.4 Å². The number of terminal acetylenes is 1. The maximum atomic E-state index is 14.1. The topological polar surface area (TPSA) is 290 Å². The maximum Gasteiger partial charge on any atom is 0.317 e. The number of amides is 7. The number of aliphatic carboxylic acids is 1. The Morgan fingerprint density at radius 1 is 0.832 bits per heavy atom. The average Bonchev–Trinajstić information content (AvgIpc) is 1.77. The van der Waals surface area contributed by atoms with Gasteiger partial charge in [0.2, 0.25) is 35.4 Å². The Kier molecular flexibility index (Phi) is 29.9. The second-order valence-electron chi connectivity index (χ2n) is 24.9. The molecule has 0 spiro atoms. The van der Waals surface area contributed by atoms with Crippen molar-refractivity contribution in [2.45, 2.75) is 114 Å². The van der Waals surface area contributed by atoms with Gasteiger partial charge in [-0.3, -0.25) is 77.4 Å². The van der Waals surface area contributed by atoms with Gasteiger partial charge < -0.3 is 45.1 Å². The van der Waals surface area contributed by atoms with Crippen molar-refractivity contribution in [3.63, 3.8) is 0 Å². The molecule has 95 heavy (non-hydrogen) atoms. The first-order valence-corrected chi connectivity index (χ1v) is 33.8. The van der Waals surface area contributed by atoms with Gasteiger partial charge >= 0.3 is 5.97 Å². The number of rotatable bonds is 34. The number of hydrogen-bond donors (Lipinski definition) is 4. The number of thioether (sulfide) groups is 1. The van der Waals surface area contributed by atoms with E-state index >= 15 is 0 Å². The lowest BCUT2D eigenvalue weighted by Crippen LogP contribution is -2.50. The number of hydrogen-bond acceptors (Lipinski definition) is 19. The largest absolute Gasteiger partial charge is 0.494 e. The minimum Gasteiger partial charge on any atom is -0.494 e. The van der Waals surface area contributed by atoms with Crippen LogP contribution in [0.25, 0.3) is 10.9 Å². The van der Waals surface area contributed by atoms with E-state index in [-0.39, 0.29) is 74.5 Å². The summed E-state index contributed by atoms with van der Waals surface area (Å²) in [6, 6.07) is 13.4. The normalized spacial score (nSPS) is 19.4. The van der Waals surface area contributed by atoms with Gasteiger partial charge in [0.25, 0.3) is 24.8 Å². The quantitative estimate of drug-likeness (QED) is 0.0288. The number of carbonyl (C=O) groups excluding carboxylic acids is 9. The Morgan fingerprint density at radius 3 is 2.15 bits per heavy atom. The number of aryl methyl sites for hydroxylation is 2. The molecule has 0 aliphatic carbocycles. The highest BCUT2D eigenvalue weighted by molar-refractivity contribution is 8.00. The maximum absolute atomic E-state index is 14.1. The number of unbranched alkanes of at least 4 members (excludes halogenated alkanes) is 1. The van der Waals surface area contributed by atoms with Crippen molar-refractivity contribution in [3.05, 3.63) is 71.4 Å². The lowest BCUT2D eigenvalue weighted by atomic mass is 9.91. The Labute approximate surface area is 558 Å². The summed E-state index contributed by atoms with van der Waals surface area (Å²) in [7, 11) is 0. The molecule has 3 aromatic rings. The zero-order chi connectivity index (χ0) is 68.3. The average molecular weight is 1340 g/mol. The van der Waals surface area contributed by atoms with Crippen LogP contribution in [0.15, 0.2) is 54.7 Å². The lowest BCUT2D eigenvalue weighted by Gasteiger charge is -2.34. The minimum atomic E-state index is -3.11. The molecule has 0 saturated carbocycles. The molecule has 1 unspecified atom stereocenters. The number of ether oxygens (including phenoxy) is 3. The first-order chi connectivity index (χ1) is 45.7. The molecule has 25 nitrogen and oxygen atoms in total. The van der Waals surface area contributed by atoms with E-state index in [1.54, 1.807) is 34.9 Å². The van der Waals surface area contributed by atoms with Gasteiger partial charge in [-0.25, -0.2) is 8.78 Å². The molecule has 2 aromatic carbocycles. The van der Waals surface area contributed by atoms with E-state index in [0.29, 0.717) is 153 Å². The summed E-state index contributed by atoms with van der Waals surface area (Å²) in [5.41, 5.74) is 3.08. The summed E-state index contributed by atoms with van der Waals surface area (Å²) in [5, 5.41) is 18.2. The molecule has 4 N–H and O–H groups in total. The number of halogens is 2. The molecule has 7 rings (SSSR count). The van der Waals surface area contributed by atoms with Gasteiger partial charge in [0.05, 0.1) is 61.1 Å². The van der Waals surface area contributed by atoms with Crippen LogP contribution in [0.1, 0.15) is 99.0 Å². The number of fused-ring (bicyclic) bond motifs is 1. The van der Waals surface area contributed by atoms with Crippen molar-refractivity contribution in [2.24, 2.45) is 11.8 Å². The SMILES string of the molecule is C#C[C@H]1CC(F)(F)CN1C(=O)CNC(=O)c1ccnc2ccc(OCCCC3CCN(C(=O)[C@H](C)CN4C(=O)CC(SC[C@H](CCCCNC(=O)CCCc5ccc(C)cc5)NC(=O)CN5CCN(COC=O)CCN(COC=O)CCN(CC(=O)O)CC5)C4=O)CC3)cc12. The number of carbonyl (C=O) groups is 10. The number of carboxylic acid groups (broad SMARTS) is 1. The fourth-order valence-electron chi connectivity index (χ4n) is 12.2. The number of nitrogens with one attached hydrogen (secondary N) is 3. The third-order valence-corrected chi connectivity index (χ3v) is 19.0. The van der Waals surface area contributed by atoms with E-state index in [0.717, 1.165) is 30.6 Å². The van der Waals surface area contributed by atoms with Crippen LogP contribution < -0.4 is 20.7 Å². The molecular weight excluding hydrogens is 1250 g/mol. The van der Waals surface area contributed by atoms with Crippen molar-refractivity contribution in [2.75, 3.05) is 131 Å². The third kappa shape index (κ3) is 24.4. The number of pyridine rings is 1. The first-order valence-electron chi connectivity index (χ1n) is 32.7. The summed E-state index contributed by atoms with van der Waals surface area (Å²) in [4.78, 5) is 144. The molecule has 7 amide bonds. The zero-order valence-corrected chi connectivity index (χ0v) is 55.3. The second kappa shape index (κ2) is 38.0. The molecule has 518 valence electrons. The molecular formula is C67H91F2N11O14S. The lowest BCUT2D eigenvalue weighted by molar-refractivity contribution is -0.143. The van der Waals surface area contributed by atoms with Crippen LogP contribution >= 0.6 is 11.8 Å². The molecule has 4 aliphatic heterocycles. The Morgan fingerprint density at radius 2 is 1.49 bits per heavy atom. The number of imide groups is 1. The van der Waals surface area contributed by atoms with Gasteiger partial charge in [0.1, 0.15) is 19.2 Å². The Bertz CT molecular complexity index is 3140. The summed E-state index contributed by atoms with van der Waals surface area (Å²) < 4.78 is 44.2. The van der Waals surface area contributed by atoms with E-state index in [4.69, 9.17) is 20.6 Å². The van der Waals surface area contributed by atoms with Crippen molar-refractivity contribution in [1.29, 1.82) is 0 Å². The number of piperidine rings is 1. The first kappa shape index (κ1) is 74.6. The van der Waals surface area contributed by atoms with Crippen molar-refractivity contribution in [3.8, 4) is 18.1 Å². The summed E-state index contributed by atoms with van der Waals surface area (Å²) >= 11 is 1.28. The highest BCUT2D eigenvalue weighted by Crippen LogP contribution is 2.33. The van der Waals surface area contributed by atoms with Crippen molar-refractivity contribution >= 4 is 82.9 Å². The van der Waals surface area contributed by atoms with Gasteiger partial charge in [-0.05, 0) is 100 Å². The van der Waals surface area contributed by atoms with Crippen LogP contribution in [0.3, 0.4) is 0 Å². The number of likely N-dealkylation sites (tertiary alicyclic amines) is 3. The fourth-order valence-corrected chi connectivity index (χ4v) is 13.4. The zero-order valence-electron chi connectivity index (χ0n) is 54.4. The molecule has 1 aromatic heterocycles. The molecule has 4 aliphatic rings. The number of benzene rings is 2. The van der Waals surface area contributed by atoms with E-state index in [1.165, 1.54) is 40.1 Å². The van der Waals surface area contributed by atoms with Gasteiger partial charge in [-0.2, -0.15) is 0 Å². The van der Waals surface area contributed by atoms with Gasteiger partial charge in [0.15, 0.2) is 0 Å². The van der Waals surface area contributed by atoms with Crippen LogP contribution in [0.2, 0.25) is 0 Å². The van der Waals surface area contributed by atoms with Crippen molar-refractivity contribution < 1.29 is 76.0 Å². The van der Waals surface area contributed by atoms with Crippen molar-refractivity contribution in [1.82, 2.24) is 55.2 Å². The summed E-state index contributed by atoms with van der Waals surface area (Å²) in [5.74, 6) is -4.02. The highest BCUT2D eigenvalue weighted by atomic mass is 32.2. The summed E-state index contributed by atoms with van der Waals surface area (Å²) in [6.45, 7) is 7.40. The van der Waals surface area contributed by atoms with Crippen LogP contribution in [-0.4, -0.2) is 258 Å². The Balaban J connectivity index is 0.875. The van der Waals surface area contributed by atoms with Crippen LogP contribution in [-0.2, 0) is 59.0 Å². The van der Waals surface area contributed by atoms with E-state index in [1.807, 2.05) is 21.6 Å². The van der Waals surface area contributed by atoms with Crippen LogP contribution in [0.5, 0.6) is 5.75 Å². The highest BCUT2D eigenvalue weighted by Gasteiger charge is 2.46. The molecule has 28 heteroatoms. The van der Waals surface area contributed by atoms with Crippen LogP contribution in [0, 0.1) is 31.1 Å². The van der Waals surface area contributed by atoms with E-state index in [2.05, 4.69) is 51.1 Å². The predicted molar refractivity (Wildman–Crippen MR) is 349 cm³/mol. The number of alkyl halides is 2. The second-order valence-corrected chi connectivity index (χ2v) is 26.2. The molecule has 4 fully saturated rings. The molecule has 4 saturated heterocycles. The summed E-state index contributed by atoms with van der Waals surface area (Å²) in [6.07, 6.45) is 12.8. The minimum absolute atomic E-state index is 0.00866. The Hall–Kier alpha value is -7.84. The third-order valence-electron chi connectivity index (χ3n) is 17.6. The monoisotopic (exact) mass is 1340 g/mol. The van der Waals surface area contributed by atoms with Gasteiger partial charge in [-0.15, -0.1) is 18.2 Å². The smallest absolute Gasteiger partial charge is 0.317 e. The predicted octanol–water partition coefficient (Wildman–Crippen LogP) is 3.40. The van der Waals surface area contributed by atoms with Crippen LogP contribution in [0.4, 0.5) is 8.78 Å². The molecule has 4 atom stereocenters. The molecule has 0 bridgehead atoms. The molecule has 5 heterocycles.